The SMILES string of the molecule is CC(C)CN(CC(=O)O)C(=O)NC1CCS(=O)(=O)C1. The van der Waals surface area contributed by atoms with Crippen molar-refractivity contribution in [1.82, 2.24) is 10.2 Å². The molecule has 1 aliphatic rings. The van der Waals surface area contributed by atoms with Gasteiger partial charge >= 0.3 is 12.0 Å². The first kappa shape index (κ1) is 15.7. The van der Waals surface area contributed by atoms with Crippen LogP contribution < -0.4 is 5.32 Å². The summed E-state index contributed by atoms with van der Waals surface area (Å²) in [6.45, 7) is 3.69. The summed E-state index contributed by atoms with van der Waals surface area (Å²) in [5.74, 6) is -0.949. The molecule has 0 saturated carbocycles. The molecule has 2 amide bonds. The first-order valence-electron chi connectivity index (χ1n) is 6.17. The summed E-state index contributed by atoms with van der Waals surface area (Å²) in [6.07, 6.45) is 0.386. The van der Waals surface area contributed by atoms with Crippen LogP contribution in [0.1, 0.15) is 20.3 Å². The quantitative estimate of drug-likeness (QED) is 0.738. The van der Waals surface area contributed by atoms with E-state index < -0.39 is 27.9 Å². The number of rotatable bonds is 5. The number of nitrogens with one attached hydrogen (secondary N) is 1. The Morgan fingerprint density at radius 2 is 2.05 bits per heavy atom. The van der Waals surface area contributed by atoms with Crippen molar-refractivity contribution in [3.05, 3.63) is 0 Å². The molecule has 0 aliphatic carbocycles. The number of hydrogen-bond acceptors (Lipinski definition) is 4. The van der Waals surface area contributed by atoms with Gasteiger partial charge in [-0.3, -0.25) is 4.79 Å². The number of urea groups is 1. The Kier molecular flexibility index (Phi) is 5.16. The van der Waals surface area contributed by atoms with E-state index in [0.717, 1.165) is 0 Å². The van der Waals surface area contributed by atoms with Crippen molar-refractivity contribution < 1.29 is 23.1 Å². The van der Waals surface area contributed by atoms with E-state index in [4.69, 9.17) is 5.11 Å². The van der Waals surface area contributed by atoms with Crippen LogP contribution in [0.3, 0.4) is 0 Å². The normalized spacial score (nSPS) is 21.3. The van der Waals surface area contributed by atoms with E-state index in [2.05, 4.69) is 5.32 Å². The largest absolute Gasteiger partial charge is 0.480 e. The van der Waals surface area contributed by atoms with Crippen molar-refractivity contribution in [1.29, 1.82) is 0 Å². The fraction of sp³-hybridized carbons (Fsp3) is 0.818. The number of hydrogen-bond donors (Lipinski definition) is 2. The van der Waals surface area contributed by atoms with Crippen LogP contribution in [-0.2, 0) is 14.6 Å². The fourth-order valence-electron chi connectivity index (χ4n) is 2.00. The zero-order valence-electron chi connectivity index (χ0n) is 11.1. The molecular formula is C11H20N2O5S. The molecule has 0 radical (unpaired) electrons. The highest BCUT2D eigenvalue weighted by molar-refractivity contribution is 7.91. The van der Waals surface area contributed by atoms with Gasteiger partial charge in [-0.15, -0.1) is 0 Å². The van der Waals surface area contributed by atoms with Crippen LogP contribution in [0.25, 0.3) is 0 Å². The third kappa shape index (κ3) is 5.46. The minimum Gasteiger partial charge on any atom is -0.480 e. The number of carbonyl (C=O) groups excluding carboxylic acids is 1. The lowest BCUT2D eigenvalue weighted by Gasteiger charge is -2.24. The second-order valence-corrected chi connectivity index (χ2v) is 7.45. The number of nitrogens with zero attached hydrogens (tertiary/aromatic N) is 1. The molecular weight excluding hydrogens is 272 g/mol. The zero-order chi connectivity index (χ0) is 14.6. The first-order valence-corrected chi connectivity index (χ1v) is 7.99. The Labute approximate surface area is 112 Å². The minimum absolute atomic E-state index is 0.0681. The van der Waals surface area contributed by atoms with Crippen LogP contribution in [0.2, 0.25) is 0 Å². The maximum absolute atomic E-state index is 11.9. The molecule has 0 aromatic carbocycles. The predicted molar refractivity (Wildman–Crippen MR) is 69.6 cm³/mol. The van der Waals surface area contributed by atoms with Gasteiger partial charge in [0.25, 0.3) is 0 Å². The van der Waals surface area contributed by atoms with E-state index in [1.165, 1.54) is 4.90 Å². The number of carboxylic acid groups (broad SMARTS) is 1. The molecule has 0 spiro atoms. The van der Waals surface area contributed by atoms with Crippen LogP contribution in [0, 0.1) is 5.92 Å². The van der Waals surface area contributed by atoms with Crippen molar-refractivity contribution in [2.45, 2.75) is 26.3 Å². The number of carbonyl (C=O) groups is 2. The van der Waals surface area contributed by atoms with Crippen molar-refractivity contribution in [3.63, 3.8) is 0 Å². The molecule has 7 nitrogen and oxygen atoms in total. The Bertz CT molecular complexity index is 446. The Morgan fingerprint density at radius 3 is 2.47 bits per heavy atom. The second kappa shape index (κ2) is 6.23. The summed E-state index contributed by atoms with van der Waals surface area (Å²) in [5.41, 5.74) is 0. The lowest BCUT2D eigenvalue weighted by molar-refractivity contribution is -0.137. The van der Waals surface area contributed by atoms with Crippen molar-refractivity contribution in [2.24, 2.45) is 5.92 Å². The topological polar surface area (TPSA) is 104 Å². The lowest BCUT2D eigenvalue weighted by atomic mass is 10.2. The number of amides is 2. The van der Waals surface area contributed by atoms with Crippen molar-refractivity contribution in [3.8, 4) is 0 Å². The fourth-order valence-corrected chi connectivity index (χ4v) is 3.67. The summed E-state index contributed by atoms with van der Waals surface area (Å²) in [7, 11) is -3.06. The minimum atomic E-state index is -3.06. The van der Waals surface area contributed by atoms with Gasteiger partial charge in [-0.25, -0.2) is 13.2 Å². The van der Waals surface area contributed by atoms with Crippen LogP contribution >= 0.6 is 0 Å². The first-order chi connectivity index (χ1) is 8.69. The summed E-state index contributed by atoms with van der Waals surface area (Å²) >= 11 is 0. The maximum atomic E-state index is 11.9. The third-order valence-corrected chi connectivity index (χ3v) is 4.53. The summed E-state index contributed by atoms with van der Waals surface area (Å²) in [5, 5.41) is 11.4. The molecule has 1 saturated heterocycles. The molecule has 2 N–H and O–H groups in total. The van der Waals surface area contributed by atoms with Gasteiger partial charge in [0, 0.05) is 12.6 Å². The van der Waals surface area contributed by atoms with E-state index in [1.807, 2.05) is 13.8 Å². The molecule has 1 atom stereocenters. The number of aliphatic carboxylic acids is 1. The Morgan fingerprint density at radius 1 is 1.42 bits per heavy atom. The second-order valence-electron chi connectivity index (χ2n) is 5.22. The van der Waals surface area contributed by atoms with E-state index in [0.29, 0.717) is 13.0 Å². The third-order valence-electron chi connectivity index (χ3n) is 2.76. The molecule has 1 aliphatic heterocycles. The summed E-state index contributed by atoms with van der Waals surface area (Å²) < 4.78 is 22.6. The highest BCUT2D eigenvalue weighted by atomic mass is 32.2. The highest BCUT2D eigenvalue weighted by Gasteiger charge is 2.30. The van der Waals surface area contributed by atoms with E-state index in [9.17, 15) is 18.0 Å². The van der Waals surface area contributed by atoms with Crippen molar-refractivity contribution in [2.75, 3.05) is 24.6 Å². The average Bonchev–Trinajstić information content (AvgIpc) is 2.55. The average molecular weight is 292 g/mol. The van der Waals surface area contributed by atoms with Gasteiger partial charge in [0.05, 0.1) is 11.5 Å². The van der Waals surface area contributed by atoms with Crippen LogP contribution in [0.15, 0.2) is 0 Å². The van der Waals surface area contributed by atoms with Crippen molar-refractivity contribution >= 4 is 21.8 Å². The standard InChI is InChI=1S/C11H20N2O5S/c1-8(2)5-13(6-10(14)15)11(16)12-9-3-4-19(17,18)7-9/h8-9H,3-7H2,1-2H3,(H,12,16)(H,14,15). The molecule has 1 rings (SSSR count). The molecule has 1 unspecified atom stereocenters. The van der Waals surface area contributed by atoms with E-state index >= 15 is 0 Å². The number of sulfone groups is 1. The molecule has 8 heteroatoms. The van der Waals surface area contributed by atoms with Gasteiger partial charge in [-0.1, -0.05) is 13.8 Å². The molecule has 0 bridgehead atoms. The van der Waals surface area contributed by atoms with Gasteiger partial charge in [0.1, 0.15) is 6.54 Å². The van der Waals surface area contributed by atoms with Crippen LogP contribution in [0.5, 0.6) is 0 Å². The Hall–Kier alpha value is -1.31. The van der Waals surface area contributed by atoms with E-state index in [-0.39, 0.29) is 24.0 Å². The molecule has 110 valence electrons. The summed E-state index contributed by atoms with van der Waals surface area (Å²) in [6, 6.07) is -0.931. The molecule has 0 aromatic rings. The highest BCUT2D eigenvalue weighted by Crippen LogP contribution is 2.12. The Balaban J connectivity index is 2.59. The van der Waals surface area contributed by atoms with Gasteiger partial charge < -0.3 is 15.3 Å². The number of carboxylic acids is 1. The van der Waals surface area contributed by atoms with Crippen LogP contribution in [-0.4, -0.2) is 61.1 Å². The van der Waals surface area contributed by atoms with Crippen LogP contribution in [0.4, 0.5) is 4.79 Å². The molecule has 19 heavy (non-hydrogen) atoms. The summed E-state index contributed by atoms with van der Waals surface area (Å²) in [4.78, 5) is 23.8. The molecule has 1 heterocycles. The predicted octanol–water partition coefficient (Wildman–Crippen LogP) is -0.0743. The van der Waals surface area contributed by atoms with Gasteiger partial charge in [0.2, 0.25) is 0 Å². The molecule has 0 aromatic heterocycles. The van der Waals surface area contributed by atoms with E-state index in [1.54, 1.807) is 0 Å². The van der Waals surface area contributed by atoms with Gasteiger partial charge in [0.15, 0.2) is 9.84 Å². The zero-order valence-corrected chi connectivity index (χ0v) is 11.9. The van der Waals surface area contributed by atoms with Gasteiger partial charge in [-0.2, -0.15) is 0 Å². The van der Waals surface area contributed by atoms with Gasteiger partial charge in [-0.05, 0) is 12.3 Å². The monoisotopic (exact) mass is 292 g/mol. The molecule has 1 fully saturated rings. The maximum Gasteiger partial charge on any atom is 0.323 e. The smallest absolute Gasteiger partial charge is 0.323 e. The lowest BCUT2D eigenvalue weighted by Crippen LogP contribution is -2.48.